The van der Waals surface area contributed by atoms with Gasteiger partial charge in [-0.05, 0) is 6.08 Å². The van der Waals surface area contributed by atoms with E-state index in [1.165, 1.54) is 0 Å². The smallest absolute Gasteiger partial charge is 0.0478 e. The van der Waals surface area contributed by atoms with Gasteiger partial charge in [0.05, 0.1) is 0 Å². The molecule has 30 valence electrons. The van der Waals surface area contributed by atoms with E-state index in [-0.39, 0.29) is 0 Å². The highest BCUT2D eigenvalue weighted by molar-refractivity contribution is 4.95. The molecule has 0 atom stereocenters. The van der Waals surface area contributed by atoms with Gasteiger partial charge in [-0.1, -0.05) is 0 Å². The monoisotopic (exact) mass is 80.0 g/mol. The first kappa shape index (κ1) is 3.28. The van der Waals surface area contributed by atoms with E-state index in [0.717, 1.165) is 0 Å². The van der Waals surface area contributed by atoms with Crippen LogP contribution in [0.4, 0.5) is 0 Å². The van der Waals surface area contributed by atoms with Crippen LogP contribution in [0.3, 0.4) is 0 Å². The molecule has 2 radical (unpaired) electrons. The Morgan fingerprint density at radius 1 is 1.67 bits per heavy atom. The first-order valence-electron chi connectivity index (χ1n) is 1.68. The minimum atomic E-state index is 1.64. The molecule has 0 amide bonds. The molecule has 0 aliphatic carbocycles. The third-order valence-corrected chi connectivity index (χ3v) is 0.468. The molecule has 0 bridgehead atoms. The summed E-state index contributed by atoms with van der Waals surface area (Å²) >= 11 is 0. The number of hydrogen-bond donors (Lipinski definition) is 1. The minimum absolute atomic E-state index is 1.64. The Balaban J connectivity index is 2.46. The lowest BCUT2D eigenvalue weighted by Crippen LogP contribution is -2.13. The summed E-state index contributed by atoms with van der Waals surface area (Å²) in [4.78, 5) is 0. The summed E-state index contributed by atoms with van der Waals surface area (Å²) in [6.07, 6.45) is 7.78. The van der Waals surface area contributed by atoms with Gasteiger partial charge in [0.1, 0.15) is 0 Å². The van der Waals surface area contributed by atoms with E-state index in [1.807, 2.05) is 0 Å². The molecule has 6 heavy (non-hydrogen) atoms. The minimum Gasteiger partial charge on any atom is -0.285 e. The summed E-state index contributed by atoms with van der Waals surface area (Å²) in [5.74, 6) is 0. The molecule has 0 fully saturated rings. The molecule has 1 aliphatic rings. The van der Waals surface area contributed by atoms with Crippen molar-refractivity contribution in [1.82, 2.24) is 10.9 Å². The van der Waals surface area contributed by atoms with E-state index >= 15 is 0 Å². The molecule has 0 unspecified atom stereocenters. The predicted molar refractivity (Wildman–Crippen MR) is 22.2 cm³/mol. The molecule has 0 aromatic rings. The maximum Gasteiger partial charge on any atom is 0.0478 e. The molecule has 0 aromatic heterocycles. The first-order valence-corrected chi connectivity index (χ1v) is 1.68. The summed E-state index contributed by atoms with van der Waals surface area (Å²) in [6.45, 7) is 0. The third kappa shape index (κ3) is 0.516. The zero-order valence-corrected chi connectivity index (χ0v) is 3.18. The fourth-order valence-corrected chi connectivity index (χ4v) is 0.246. The summed E-state index contributed by atoms with van der Waals surface area (Å²) in [5, 5.41) is 0. The molecule has 1 rings (SSSR count). The summed E-state index contributed by atoms with van der Waals surface area (Å²) < 4.78 is 0. The Bertz CT molecular complexity index is 71.5. The van der Waals surface area contributed by atoms with Crippen LogP contribution in [-0.4, -0.2) is 0 Å². The molecule has 0 aromatic carbocycles. The van der Waals surface area contributed by atoms with Gasteiger partial charge in [-0.25, -0.2) is 0 Å². The van der Waals surface area contributed by atoms with Gasteiger partial charge in [0.2, 0.25) is 0 Å². The second-order valence-corrected chi connectivity index (χ2v) is 0.885. The Hall–Kier alpha value is -0.920. The Kier molecular flexibility index (Phi) is 0.819. The zero-order valence-electron chi connectivity index (χ0n) is 3.18. The van der Waals surface area contributed by atoms with Crippen LogP contribution in [0.1, 0.15) is 0 Å². The van der Waals surface area contributed by atoms with E-state index in [0.29, 0.717) is 0 Å². The van der Waals surface area contributed by atoms with Crippen molar-refractivity contribution >= 4 is 0 Å². The van der Waals surface area contributed by atoms with Crippen LogP contribution in [0.15, 0.2) is 18.5 Å². The quantitative estimate of drug-likeness (QED) is 0.433. The van der Waals surface area contributed by atoms with E-state index in [1.54, 1.807) is 18.5 Å². The molecule has 0 spiro atoms. The van der Waals surface area contributed by atoms with Gasteiger partial charge in [0.15, 0.2) is 0 Å². The van der Waals surface area contributed by atoms with E-state index in [4.69, 9.17) is 0 Å². The number of hydrogen-bond acceptors (Lipinski definition) is 1. The lowest BCUT2D eigenvalue weighted by Gasteiger charge is -1.93. The highest BCUT2D eigenvalue weighted by Gasteiger charge is 1.74. The molecule has 2 heteroatoms. The van der Waals surface area contributed by atoms with Gasteiger partial charge in [0, 0.05) is 18.5 Å². The third-order valence-electron chi connectivity index (χ3n) is 0.468. The van der Waals surface area contributed by atoms with Crippen LogP contribution in [0, 0.1) is 6.08 Å². The summed E-state index contributed by atoms with van der Waals surface area (Å²) in [5.41, 5.74) is 6.22. The van der Waals surface area contributed by atoms with E-state index in [9.17, 15) is 0 Å². The van der Waals surface area contributed by atoms with Crippen LogP contribution in [-0.2, 0) is 0 Å². The maximum absolute atomic E-state index is 3.63. The van der Waals surface area contributed by atoms with Crippen molar-refractivity contribution in [2.45, 2.75) is 0 Å². The Morgan fingerprint density at radius 2 is 2.67 bits per heavy atom. The molecular weight excluding hydrogens is 76.1 g/mol. The normalized spacial score (nSPS) is 16.0. The zero-order chi connectivity index (χ0) is 4.24. The molecule has 1 heterocycles. The van der Waals surface area contributed by atoms with Crippen molar-refractivity contribution in [3.05, 3.63) is 24.6 Å². The molecular formula is C4H4N2. The second-order valence-electron chi connectivity index (χ2n) is 0.885. The molecule has 0 saturated carbocycles. The molecule has 1 N–H and O–H groups in total. The first-order chi connectivity index (χ1) is 3.00. The number of allylic oxidation sites excluding steroid dienone is 2. The van der Waals surface area contributed by atoms with Crippen LogP contribution >= 0.6 is 0 Å². The SMILES string of the molecule is [C]1=CN[N]C=C1. The Morgan fingerprint density at radius 3 is 2.83 bits per heavy atom. The van der Waals surface area contributed by atoms with Crippen molar-refractivity contribution in [1.29, 1.82) is 0 Å². The standard InChI is InChI=1S/C4H4N2/c1-2-4-6-5-3-1/h1,3-4,6H. The van der Waals surface area contributed by atoms with Gasteiger partial charge in [-0.15, -0.1) is 0 Å². The van der Waals surface area contributed by atoms with Gasteiger partial charge in [0.25, 0.3) is 0 Å². The average molecular weight is 80.1 g/mol. The van der Waals surface area contributed by atoms with Crippen LogP contribution in [0.5, 0.6) is 0 Å². The highest BCUT2D eigenvalue weighted by atomic mass is 15.3. The van der Waals surface area contributed by atoms with E-state index in [2.05, 4.69) is 16.9 Å². The maximum atomic E-state index is 3.63. The fraction of sp³-hybridized carbons (Fsp3) is 0. The van der Waals surface area contributed by atoms with Crippen molar-refractivity contribution in [2.24, 2.45) is 0 Å². The van der Waals surface area contributed by atoms with Crippen molar-refractivity contribution in [3.8, 4) is 0 Å². The van der Waals surface area contributed by atoms with Crippen molar-refractivity contribution in [2.75, 3.05) is 0 Å². The lowest BCUT2D eigenvalue weighted by molar-refractivity contribution is 0.747. The van der Waals surface area contributed by atoms with Crippen LogP contribution in [0.2, 0.25) is 0 Å². The topological polar surface area (TPSA) is 26.1 Å². The number of nitrogens with zero attached hydrogens (tertiary/aromatic N) is 1. The molecule has 2 nitrogen and oxygen atoms in total. The van der Waals surface area contributed by atoms with E-state index < -0.39 is 0 Å². The summed E-state index contributed by atoms with van der Waals surface area (Å²) in [7, 11) is 0. The number of nitrogens with one attached hydrogen (secondary N) is 1. The molecule has 1 aliphatic heterocycles. The van der Waals surface area contributed by atoms with Crippen molar-refractivity contribution < 1.29 is 0 Å². The van der Waals surface area contributed by atoms with Gasteiger partial charge in [-0.2, -0.15) is 5.43 Å². The van der Waals surface area contributed by atoms with Crippen LogP contribution in [0.25, 0.3) is 0 Å². The fourth-order valence-electron chi connectivity index (χ4n) is 0.246. The second kappa shape index (κ2) is 1.50. The average Bonchev–Trinajstić information content (AvgIpc) is 1.72. The van der Waals surface area contributed by atoms with Crippen molar-refractivity contribution in [3.63, 3.8) is 0 Å². The van der Waals surface area contributed by atoms with Gasteiger partial charge >= 0.3 is 0 Å². The Labute approximate surface area is 36.5 Å². The van der Waals surface area contributed by atoms with Gasteiger partial charge in [-0.3, -0.25) is 5.43 Å². The number of rotatable bonds is 0. The summed E-state index contributed by atoms with van der Waals surface area (Å²) in [6, 6.07) is 0. The molecule has 0 saturated heterocycles. The van der Waals surface area contributed by atoms with Crippen LogP contribution < -0.4 is 10.9 Å². The largest absolute Gasteiger partial charge is 0.285 e. The highest BCUT2D eigenvalue weighted by Crippen LogP contribution is 1.73. The predicted octanol–water partition coefficient (Wildman–Crippen LogP) is -0.0604. The lowest BCUT2D eigenvalue weighted by atomic mass is 10.5. The van der Waals surface area contributed by atoms with Gasteiger partial charge < -0.3 is 0 Å².